The van der Waals surface area contributed by atoms with E-state index in [4.69, 9.17) is 9.47 Å². The predicted octanol–water partition coefficient (Wildman–Crippen LogP) is 2.07. The van der Waals surface area contributed by atoms with Crippen LogP contribution in [0.15, 0.2) is 18.2 Å². The Morgan fingerprint density at radius 3 is 1.93 bits per heavy atom. The van der Waals surface area contributed by atoms with Crippen LogP contribution in [0.2, 0.25) is 0 Å². The van der Waals surface area contributed by atoms with E-state index in [1.54, 1.807) is 55.0 Å². The summed E-state index contributed by atoms with van der Waals surface area (Å²) in [5, 5.41) is 0. The summed E-state index contributed by atoms with van der Waals surface area (Å²) in [7, 11) is 10.3. The Kier molecular flexibility index (Phi) is 4.84. The van der Waals surface area contributed by atoms with E-state index in [1.165, 1.54) is 0 Å². The largest absolute Gasteiger partial charge is 0.493 e. The second kappa shape index (κ2) is 6.83. The maximum Gasteiger partial charge on any atom is 0.321 e. The van der Waals surface area contributed by atoms with Crippen molar-refractivity contribution in [2.24, 2.45) is 5.92 Å². The summed E-state index contributed by atoms with van der Waals surface area (Å²) in [5.74, 6) is 1.26. The van der Waals surface area contributed by atoms with Gasteiger partial charge in [0.1, 0.15) is 6.17 Å². The van der Waals surface area contributed by atoms with Gasteiger partial charge in [0.2, 0.25) is 0 Å². The molecule has 1 aromatic rings. The second-order valence-electron chi connectivity index (χ2n) is 7.30. The lowest BCUT2D eigenvalue weighted by atomic mass is 9.80. The number of carbonyl (C=O) groups is 2. The molecule has 4 atom stereocenters. The highest BCUT2D eigenvalue weighted by atomic mass is 16.5. The summed E-state index contributed by atoms with van der Waals surface area (Å²) in [4.78, 5) is 32.3. The molecule has 2 saturated heterocycles. The van der Waals surface area contributed by atoms with Crippen molar-refractivity contribution in [2.45, 2.75) is 25.2 Å². The van der Waals surface area contributed by atoms with Crippen LogP contribution < -0.4 is 9.47 Å². The molecule has 1 aromatic carbocycles. The number of ether oxygens (including phenoxy) is 2. The van der Waals surface area contributed by atoms with Crippen molar-refractivity contribution in [2.75, 3.05) is 42.4 Å². The molecule has 3 rings (SSSR count). The van der Waals surface area contributed by atoms with Crippen LogP contribution in [-0.2, 0) is 0 Å². The molecule has 0 aromatic heterocycles. The molecule has 4 amide bonds. The lowest BCUT2D eigenvalue weighted by Gasteiger charge is -2.57. The van der Waals surface area contributed by atoms with Crippen LogP contribution in [0.5, 0.6) is 11.5 Å². The summed E-state index contributed by atoms with van der Waals surface area (Å²) in [6.45, 7) is 2.04. The highest BCUT2D eigenvalue weighted by Gasteiger charge is 2.54. The summed E-state index contributed by atoms with van der Waals surface area (Å²) in [6, 6.07) is 5.28. The van der Waals surface area contributed by atoms with Crippen LogP contribution in [0.3, 0.4) is 0 Å². The number of methoxy groups -OCH3 is 2. The smallest absolute Gasteiger partial charge is 0.321 e. The van der Waals surface area contributed by atoms with Gasteiger partial charge in [-0.15, -0.1) is 0 Å². The fraction of sp³-hybridized carbons (Fsp3) is 0.579. The number of amides is 4. The van der Waals surface area contributed by atoms with Gasteiger partial charge in [-0.2, -0.15) is 0 Å². The molecule has 2 fully saturated rings. The average molecular weight is 376 g/mol. The Labute approximate surface area is 160 Å². The molecule has 8 heteroatoms. The Morgan fingerprint density at radius 2 is 1.37 bits per heavy atom. The Bertz CT molecular complexity index is 751. The topological polar surface area (TPSA) is 65.6 Å². The van der Waals surface area contributed by atoms with E-state index >= 15 is 0 Å². The third-order valence-corrected chi connectivity index (χ3v) is 6.04. The first kappa shape index (κ1) is 19.1. The minimum absolute atomic E-state index is 0.00324. The Hall–Kier alpha value is -2.64. The molecule has 0 saturated carbocycles. The summed E-state index contributed by atoms with van der Waals surface area (Å²) < 4.78 is 10.8. The van der Waals surface area contributed by atoms with E-state index in [0.717, 1.165) is 5.56 Å². The fourth-order valence-corrected chi connectivity index (χ4v) is 4.47. The molecule has 2 heterocycles. The lowest BCUT2D eigenvalue weighted by molar-refractivity contribution is -0.0652. The molecule has 0 bridgehead atoms. The van der Waals surface area contributed by atoms with E-state index in [9.17, 15) is 9.59 Å². The zero-order valence-corrected chi connectivity index (χ0v) is 17.0. The van der Waals surface area contributed by atoms with Gasteiger partial charge in [-0.3, -0.25) is 0 Å². The molecule has 4 unspecified atom stereocenters. The number of rotatable bonds is 3. The summed E-state index contributed by atoms with van der Waals surface area (Å²) >= 11 is 0. The molecule has 0 N–H and O–H groups in total. The number of hydrogen-bond acceptors (Lipinski definition) is 4. The maximum absolute atomic E-state index is 12.9. The molecule has 0 aliphatic carbocycles. The predicted molar refractivity (Wildman–Crippen MR) is 101 cm³/mol. The Balaban J connectivity index is 2.12. The van der Waals surface area contributed by atoms with Gasteiger partial charge in [-0.05, 0) is 24.6 Å². The van der Waals surface area contributed by atoms with Crippen LogP contribution in [-0.4, -0.2) is 86.3 Å². The number of benzene rings is 1. The Morgan fingerprint density at radius 1 is 0.815 bits per heavy atom. The van der Waals surface area contributed by atoms with Crippen molar-refractivity contribution in [1.29, 1.82) is 0 Å². The van der Waals surface area contributed by atoms with Crippen LogP contribution in [0.1, 0.15) is 18.5 Å². The molecule has 2 aliphatic heterocycles. The van der Waals surface area contributed by atoms with Crippen molar-refractivity contribution in [1.82, 2.24) is 19.6 Å². The van der Waals surface area contributed by atoms with Crippen molar-refractivity contribution in [3.05, 3.63) is 23.8 Å². The number of nitrogens with zero attached hydrogens (tertiary/aromatic N) is 4. The van der Waals surface area contributed by atoms with Gasteiger partial charge in [-0.1, -0.05) is 6.07 Å². The van der Waals surface area contributed by atoms with Gasteiger partial charge in [0.15, 0.2) is 11.5 Å². The molecule has 27 heavy (non-hydrogen) atoms. The number of fused-ring (bicyclic) bond motifs is 1. The minimum atomic E-state index is -0.314. The fourth-order valence-electron chi connectivity index (χ4n) is 4.47. The van der Waals surface area contributed by atoms with Crippen LogP contribution in [0.25, 0.3) is 0 Å². The zero-order valence-electron chi connectivity index (χ0n) is 17.0. The van der Waals surface area contributed by atoms with Gasteiger partial charge < -0.3 is 29.1 Å². The van der Waals surface area contributed by atoms with E-state index < -0.39 is 0 Å². The van der Waals surface area contributed by atoms with Crippen LogP contribution in [0.4, 0.5) is 9.59 Å². The first-order valence-electron chi connectivity index (χ1n) is 8.95. The number of urea groups is 2. The van der Waals surface area contributed by atoms with Gasteiger partial charge >= 0.3 is 12.1 Å². The van der Waals surface area contributed by atoms with Crippen LogP contribution >= 0.6 is 0 Å². The number of carbonyl (C=O) groups excluding carboxylic acids is 2. The normalized spacial score (nSPS) is 28.4. The molecular formula is C19H28N4O4. The number of hydrogen-bond donors (Lipinski definition) is 0. The lowest BCUT2D eigenvalue weighted by Crippen LogP contribution is -2.71. The molecule has 0 spiro atoms. The second-order valence-corrected chi connectivity index (χ2v) is 7.30. The molecule has 2 aliphatic rings. The van der Waals surface area contributed by atoms with Crippen molar-refractivity contribution in [3.8, 4) is 11.5 Å². The monoisotopic (exact) mass is 376 g/mol. The van der Waals surface area contributed by atoms with Crippen molar-refractivity contribution < 1.29 is 19.1 Å². The van der Waals surface area contributed by atoms with Gasteiger partial charge in [-0.25, -0.2) is 9.59 Å². The van der Waals surface area contributed by atoms with Gasteiger partial charge in [0.25, 0.3) is 0 Å². The highest BCUT2D eigenvalue weighted by molar-refractivity contribution is 5.80. The average Bonchev–Trinajstić information content (AvgIpc) is 2.68. The zero-order chi connectivity index (χ0) is 20.0. The minimum Gasteiger partial charge on any atom is -0.493 e. The molecular weight excluding hydrogens is 348 g/mol. The van der Waals surface area contributed by atoms with E-state index in [1.807, 2.05) is 32.2 Å². The van der Waals surface area contributed by atoms with Crippen LogP contribution in [0, 0.1) is 5.92 Å². The first-order valence-corrected chi connectivity index (χ1v) is 8.95. The molecule has 8 nitrogen and oxygen atoms in total. The highest BCUT2D eigenvalue weighted by Crippen LogP contribution is 2.44. The third-order valence-electron chi connectivity index (χ3n) is 6.04. The standard InChI is InChI=1S/C19H28N4O4/c1-11-15-16(12-8-9-13(26-6)14(10-12)27-7)21(3)19(25)23(5)17(15)22(4)18(24)20(11)2/h8-11,15-17H,1-7H3. The third kappa shape index (κ3) is 2.74. The quantitative estimate of drug-likeness (QED) is 0.810. The molecule has 148 valence electrons. The van der Waals surface area contributed by atoms with Gasteiger partial charge in [0.05, 0.1) is 20.3 Å². The van der Waals surface area contributed by atoms with E-state index in [2.05, 4.69) is 0 Å². The van der Waals surface area contributed by atoms with Gasteiger partial charge in [0, 0.05) is 40.2 Å². The molecule has 0 radical (unpaired) electrons. The van der Waals surface area contributed by atoms with E-state index in [0.29, 0.717) is 11.5 Å². The van der Waals surface area contributed by atoms with Crippen molar-refractivity contribution in [3.63, 3.8) is 0 Å². The first-order chi connectivity index (χ1) is 12.7. The van der Waals surface area contributed by atoms with E-state index in [-0.39, 0.29) is 36.2 Å². The maximum atomic E-state index is 12.9. The summed E-state index contributed by atoms with van der Waals surface area (Å²) in [5.41, 5.74) is 0.953. The SMILES string of the molecule is COc1ccc(C2C3C(C)N(C)C(=O)N(C)C3N(C)C(=O)N2C)cc1OC. The van der Waals surface area contributed by atoms with Crippen molar-refractivity contribution >= 4 is 12.1 Å². The summed E-state index contributed by atoms with van der Waals surface area (Å²) in [6.07, 6.45) is -0.314.